The van der Waals surface area contributed by atoms with Crippen molar-refractivity contribution in [3.8, 4) is 39.9 Å². The molecule has 2 aliphatic rings. The largest absolute Gasteiger partial charge is 0.493 e. The Kier molecular flexibility index (Phi) is 4.00. The first-order chi connectivity index (χ1) is 13.8. The molecule has 0 saturated carbocycles. The molecule has 5 rings (SSSR count). The Morgan fingerprint density at radius 1 is 0.964 bits per heavy atom. The predicted molar refractivity (Wildman–Crippen MR) is 105 cm³/mol. The molecule has 0 radical (unpaired) electrons. The van der Waals surface area contributed by atoms with Gasteiger partial charge in [-0.2, -0.15) is 5.10 Å². The molecular weight excluding hydrogens is 358 g/mol. The van der Waals surface area contributed by atoms with E-state index in [1.165, 1.54) is 5.56 Å². The molecule has 0 spiro atoms. The maximum absolute atomic E-state index is 5.74. The third kappa shape index (κ3) is 2.62. The highest BCUT2D eigenvalue weighted by Crippen LogP contribution is 2.39. The van der Waals surface area contributed by atoms with E-state index in [1.54, 1.807) is 14.2 Å². The number of aromatic nitrogens is 2. The average molecular weight is 379 g/mol. The first-order valence-corrected chi connectivity index (χ1v) is 9.26. The molecule has 0 amide bonds. The third-order valence-electron chi connectivity index (χ3n) is 5.08. The molecule has 0 bridgehead atoms. The van der Waals surface area contributed by atoms with Crippen LogP contribution in [-0.2, 0) is 6.42 Å². The lowest BCUT2D eigenvalue weighted by Crippen LogP contribution is -2.15. The Morgan fingerprint density at radius 3 is 2.61 bits per heavy atom. The van der Waals surface area contributed by atoms with Crippen molar-refractivity contribution in [2.24, 2.45) is 0 Å². The van der Waals surface area contributed by atoms with Gasteiger partial charge >= 0.3 is 0 Å². The standard InChI is InChI=1S/C21H21N3O4/c1-25-16-5-3-13(11-18(16)26-2)20-15-7-8-22-21(15)24(23-20)14-4-6-17-19(12-14)28-10-9-27-17/h3-6,11-12,22H,7-10H2,1-2H3. The number of hydrogen-bond donors (Lipinski definition) is 1. The van der Waals surface area contributed by atoms with Crippen molar-refractivity contribution >= 4 is 5.82 Å². The van der Waals surface area contributed by atoms with Crippen molar-refractivity contribution in [1.82, 2.24) is 9.78 Å². The van der Waals surface area contributed by atoms with E-state index in [-0.39, 0.29) is 0 Å². The molecule has 144 valence electrons. The van der Waals surface area contributed by atoms with E-state index < -0.39 is 0 Å². The van der Waals surface area contributed by atoms with E-state index in [0.717, 1.165) is 47.2 Å². The van der Waals surface area contributed by atoms with Crippen LogP contribution in [0.25, 0.3) is 16.9 Å². The normalized spacial score (nSPS) is 14.4. The fourth-order valence-electron chi connectivity index (χ4n) is 3.74. The van der Waals surface area contributed by atoms with Gasteiger partial charge in [0.15, 0.2) is 23.0 Å². The van der Waals surface area contributed by atoms with E-state index in [4.69, 9.17) is 24.0 Å². The highest BCUT2D eigenvalue weighted by molar-refractivity contribution is 5.74. The summed E-state index contributed by atoms with van der Waals surface area (Å²) in [4.78, 5) is 0. The minimum Gasteiger partial charge on any atom is -0.493 e. The van der Waals surface area contributed by atoms with Gasteiger partial charge in [0.05, 0.1) is 25.6 Å². The van der Waals surface area contributed by atoms with Gasteiger partial charge in [0.1, 0.15) is 19.0 Å². The topological polar surface area (TPSA) is 66.8 Å². The molecular formula is C21H21N3O4. The molecule has 3 heterocycles. The Balaban J connectivity index is 1.61. The lowest BCUT2D eigenvalue weighted by Gasteiger charge is -2.19. The van der Waals surface area contributed by atoms with Crippen LogP contribution in [0.5, 0.6) is 23.0 Å². The number of anilines is 1. The van der Waals surface area contributed by atoms with Gasteiger partial charge in [-0.05, 0) is 36.8 Å². The smallest absolute Gasteiger partial charge is 0.163 e. The molecule has 2 aliphatic heterocycles. The van der Waals surface area contributed by atoms with Gasteiger partial charge in [-0.25, -0.2) is 4.68 Å². The number of fused-ring (bicyclic) bond motifs is 2. The van der Waals surface area contributed by atoms with Gasteiger partial charge < -0.3 is 24.3 Å². The summed E-state index contributed by atoms with van der Waals surface area (Å²) in [6, 6.07) is 11.8. The quantitative estimate of drug-likeness (QED) is 0.750. The zero-order chi connectivity index (χ0) is 19.1. The van der Waals surface area contributed by atoms with Gasteiger partial charge in [-0.1, -0.05) is 0 Å². The second kappa shape index (κ2) is 6.67. The van der Waals surface area contributed by atoms with Gasteiger partial charge in [-0.3, -0.25) is 0 Å². The minimum absolute atomic E-state index is 0.558. The molecule has 0 unspecified atom stereocenters. The summed E-state index contributed by atoms with van der Waals surface area (Å²) in [6.07, 6.45) is 0.920. The van der Waals surface area contributed by atoms with Crippen LogP contribution in [0.3, 0.4) is 0 Å². The first-order valence-electron chi connectivity index (χ1n) is 9.26. The fourth-order valence-corrected chi connectivity index (χ4v) is 3.74. The molecule has 0 fully saturated rings. The van der Waals surface area contributed by atoms with Crippen LogP contribution in [0.1, 0.15) is 5.56 Å². The molecule has 7 nitrogen and oxygen atoms in total. The van der Waals surface area contributed by atoms with E-state index in [2.05, 4.69) is 5.32 Å². The number of rotatable bonds is 4. The van der Waals surface area contributed by atoms with Crippen molar-refractivity contribution in [3.63, 3.8) is 0 Å². The van der Waals surface area contributed by atoms with Crippen molar-refractivity contribution in [2.75, 3.05) is 39.3 Å². The molecule has 2 aromatic carbocycles. The van der Waals surface area contributed by atoms with Crippen LogP contribution in [0.15, 0.2) is 36.4 Å². The zero-order valence-corrected chi connectivity index (χ0v) is 15.8. The summed E-state index contributed by atoms with van der Waals surface area (Å²) < 4.78 is 24.1. The van der Waals surface area contributed by atoms with Gasteiger partial charge in [0, 0.05) is 23.7 Å². The SMILES string of the molecule is COc1ccc(-c2nn(-c3ccc4c(c3)OCCO4)c3c2CCN3)cc1OC. The number of benzene rings is 2. The summed E-state index contributed by atoms with van der Waals surface area (Å²) in [7, 11) is 3.27. The Hall–Kier alpha value is -3.35. The Morgan fingerprint density at radius 2 is 1.79 bits per heavy atom. The molecule has 1 aromatic heterocycles. The van der Waals surface area contributed by atoms with Crippen LogP contribution in [0, 0.1) is 0 Å². The first kappa shape index (κ1) is 16.8. The third-order valence-corrected chi connectivity index (χ3v) is 5.08. The highest BCUT2D eigenvalue weighted by atomic mass is 16.6. The van der Waals surface area contributed by atoms with E-state index in [9.17, 15) is 0 Å². The number of nitrogens with one attached hydrogen (secondary N) is 1. The van der Waals surface area contributed by atoms with Crippen LogP contribution in [0.2, 0.25) is 0 Å². The summed E-state index contributed by atoms with van der Waals surface area (Å²) in [5.74, 6) is 3.92. The van der Waals surface area contributed by atoms with Crippen molar-refractivity contribution in [1.29, 1.82) is 0 Å². The van der Waals surface area contributed by atoms with Crippen LogP contribution < -0.4 is 24.3 Å². The van der Waals surface area contributed by atoms with E-state index in [0.29, 0.717) is 24.7 Å². The Bertz CT molecular complexity index is 982. The van der Waals surface area contributed by atoms with Crippen LogP contribution >= 0.6 is 0 Å². The lowest BCUT2D eigenvalue weighted by molar-refractivity contribution is 0.171. The molecule has 7 heteroatoms. The number of nitrogens with zero attached hydrogens (tertiary/aromatic N) is 2. The fraction of sp³-hybridized carbons (Fsp3) is 0.286. The Labute approximate surface area is 162 Å². The number of hydrogen-bond acceptors (Lipinski definition) is 6. The summed E-state index contributed by atoms with van der Waals surface area (Å²) >= 11 is 0. The summed E-state index contributed by atoms with van der Waals surface area (Å²) in [6.45, 7) is 2.02. The zero-order valence-electron chi connectivity index (χ0n) is 15.8. The maximum atomic E-state index is 5.74. The number of ether oxygens (including phenoxy) is 4. The molecule has 0 aliphatic carbocycles. The minimum atomic E-state index is 0.558. The number of methoxy groups -OCH3 is 2. The summed E-state index contributed by atoms with van der Waals surface area (Å²) in [5, 5.41) is 8.37. The van der Waals surface area contributed by atoms with Gasteiger partial charge in [0.2, 0.25) is 0 Å². The average Bonchev–Trinajstić information content (AvgIpc) is 3.36. The van der Waals surface area contributed by atoms with E-state index in [1.807, 2.05) is 41.1 Å². The van der Waals surface area contributed by atoms with Crippen molar-refractivity contribution in [2.45, 2.75) is 6.42 Å². The van der Waals surface area contributed by atoms with Gasteiger partial charge in [0.25, 0.3) is 0 Å². The molecule has 0 atom stereocenters. The van der Waals surface area contributed by atoms with Gasteiger partial charge in [-0.15, -0.1) is 0 Å². The monoisotopic (exact) mass is 379 g/mol. The molecule has 0 saturated heterocycles. The predicted octanol–water partition coefficient (Wildman–Crippen LogP) is 3.30. The lowest BCUT2D eigenvalue weighted by atomic mass is 10.1. The molecule has 1 N–H and O–H groups in total. The van der Waals surface area contributed by atoms with E-state index >= 15 is 0 Å². The van der Waals surface area contributed by atoms with Crippen molar-refractivity contribution in [3.05, 3.63) is 42.0 Å². The molecule has 28 heavy (non-hydrogen) atoms. The second-order valence-electron chi connectivity index (χ2n) is 6.66. The highest BCUT2D eigenvalue weighted by Gasteiger charge is 2.25. The summed E-state index contributed by atoms with van der Waals surface area (Å²) in [5.41, 5.74) is 4.06. The van der Waals surface area contributed by atoms with Crippen LogP contribution in [0.4, 0.5) is 5.82 Å². The van der Waals surface area contributed by atoms with Crippen molar-refractivity contribution < 1.29 is 18.9 Å². The van der Waals surface area contributed by atoms with Crippen LogP contribution in [-0.4, -0.2) is 43.8 Å². The maximum Gasteiger partial charge on any atom is 0.163 e. The molecule has 3 aromatic rings. The second-order valence-corrected chi connectivity index (χ2v) is 6.66.